The van der Waals surface area contributed by atoms with Crippen molar-refractivity contribution in [3.63, 3.8) is 0 Å². The van der Waals surface area contributed by atoms with Gasteiger partial charge < -0.3 is 8.97 Å². The smallest absolute Gasteiger partial charge is 0.337 e. The molecule has 0 saturated carbocycles. The zero-order valence-electron chi connectivity index (χ0n) is 20.6. The summed E-state index contributed by atoms with van der Waals surface area (Å²) in [5.41, 5.74) is 6.15. The van der Waals surface area contributed by atoms with Crippen LogP contribution >= 0.6 is 0 Å². The minimum atomic E-state index is -1.85. The Morgan fingerprint density at radius 1 is 1.00 bits per heavy atom. The molecule has 0 aliphatic rings. The second-order valence-corrected chi connectivity index (χ2v) is 15.2. The first-order valence-electron chi connectivity index (χ1n) is 11.4. The van der Waals surface area contributed by atoms with Crippen LogP contribution in [0.2, 0.25) is 16.6 Å². The summed E-state index contributed by atoms with van der Waals surface area (Å²) >= 11 is 0. The third-order valence-electron chi connectivity index (χ3n) is 6.84. The summed E-state index contributed by atoms with van der Waals surface area (Å²) in [5, 5.41) is 9.92. The molecule has 0 bridgehead atoms. The van der Waals surface area contributed by atoms with Gasteiger partial charge in [0, 0.05) is 23.5 Å². The monoisotopic (exact) mass is 459 g/mol. The molecule has 0 aliphatic carbocycles. The number of methoxy groups -OCH3 is 1. The van der Waals surface area contributed by atoms with Crippen molar-refractivity contribution in [3.8, 4) is 28.5 Å². The highest BCUT2D eigenvalue weighted by Crippen LogP contribution is 2.43. The second-order valence-electron chi connectivity index (χ2n) is 9.45. The molecule has 0 fully saturated rings. The van der Waals surface area contributed by atoms with Gasteiger partial charge in [-0.2, -0.15) is 5.26 Å². The van der Waals surface area contributed by atoms with Crippen LogP contribution in [0.3, 0.4) is 0 Å². The Morgan fingerprint density at radius 3 is 2.24 bits per heavy atom. The van der Waals surface area contributed by atoms with Crippen molar-refractivity contribution in [2.45, 2.75) is 58.2 Å². The summed E-state index contributed by atoms with van der Waals surface area (Å²) < 4.78 is 7.30. The van der Waals surface area contributed by atoms with Crippen LogP contribution < -0.4 is 0 Å². The highest BCUT2D eigenvalue weighted by atomic mass is 28.3. The van der Waals surface area contributed by atoms with E-state index in [0.717, 1.165) is 16.7 Å². The Hall–Kier alpha value is -3.17. The number of nitriles is 1. The molecule has 0 radical (unpaired) electrons. The summed E-state index contributed by atoms with van der Waals surface area (Å²) in [4.78, 5) is 16.3. The number of benzene rings is 1. The Morgan fingerprint density at radius 2 is 1.67 bits per heavy atom. The molecule has 1 aromatic carbocycles. The van der Waals surface area contributed by atoms with Gasteiger partial charge in [-0.3, -0.25) is 4.98 Å². The molecule has 172 valence electrons. The fraction of sp³-hybridized carbons (Fsp3) is 0.370. The molecule has 0 N–H and O–H groups in total. The van der Waals surface area contributed by atoms with Gasteiger partial charge >= 0.3 is 5.97 Å². The molecular weight excluding hydrogens is 426 g/mol. The largest absolute Gasteiger partial charge is 0.465 e. The molecule has 33 heavy (non-hydrogen) atoms. The van der Waals surface area contributed by atoms with E-state index in [1.54, 1.807) is 18.3 Å². The van der Waals surface area contributed by atoms with Crippen molar-refractivity contribution in [3.05, 3.63) is 66.1 Å². The summed E-state index contributed by atoms with van der Waals surface area (Å²) in [7, 11) is -0.494. The average Bonchev–Trinajstić information content (AvgIpc) is 3.27. The maximum atomic E-state index is 11.9. The number of pyridine rings is 1. The van der Waals surface area contributed by atoms with E-state index in [2.05, 4.69) is 75.3 Å². The maximum absolute atomic E-state index is 11.9. The molecule has 0 amide bonds. The van der Waals surface area contributed by atoms with Gasteiger partial charge in [-0.15, -0.1) is 0 Å². The van der Waals surface area contributed by atoms with Crippen molar-refractivity contribution in [1.29, 1.82) is 5.26 Å². The van der Waals surface area contributed by atoms with Crippen LogP contribution in [0, 0.1) is 11.3 Å². The molecule has 0 saturated heterocycles. The average molecular weight is 460 g/mol. The third-order valence-corrected chi connectivity index (χ3v) is 13.6. The van der Waals surface area contributed by atoms with Gasteiger partial charge in [0.25, 0.3) is 0 Å². The van der Waals surface area contributed by atoms with E-state index in [-0.39, 0.29) is 0 Å². The highest BCUT2D eigenvalue weighted by Gasteiger charge is 2.45. The summed E-state index contributed by atoms with van der Waals surface area (Å²) in [6.07, 6.45) is 6.02. The lowest BCUT2D eigenvalue weighted by atomic mass is 9.98. The Balaban J connectivity index is 2.06. The summed E-state index contributed by atoms with van der Waals surface area (Å²) in [6, 6.07) is 13.6. The number of carbonyl (C=O) groups is 1. The van der Waals surface area contributed by atoms with Crippen molar-refractivity contribution < 1.29 is 9.53 Å². The van der Waals surface area contributed by atoms with E-state index < -0.39 is 14.2 Å². The Kier molecular flexibility index (Phi) is 7.24. The lowest BCUT2D eigenvalue weighted by Gasteiger charge is -2.44. The third kappa shape index (κ3) is 4.38. The summed E-state index contributed by atoms with van der Waals surface area (Å²) in [5.74, 6) is -0.412. The molecule has 6 heteroatoms. The van der Waals surface area contributed by atoms with Crippen molar-refractivity contribution in [2.24, 2.45) is 0 Å². The van der Waals surface area contributed by atoms with Gasteiger partial charge in [0.05, 0.1) is 30.0 Å². The summed E-state index contributed by atoms with van der Waals surface area (Å²) in [6.45, 7) is 14.1. The van der Waals surface area contributed by atoms with Crippen LogP contribution in [-0.4, -0.2) is 30.5 Å². The van der Waals surface area contributed by atoms with Crippen molar-refractivity contribution in [2.75, 3.05) is 7.11 Å². The second kappa shape index (κ2) is 9.76. The van der Waals surface area contributed by atoms with Crippen LogP contribution in [0.4, 0.5) is 0 Å². The van der Waals surface area contributed by atoms with Crippen LogP contribution in [0.1, 0.15) is 57.5 Å². The first kappa shape index (κ1) is 24.5. The molecule has 0 aliphatic heterocycles. The van der Waals surface area contributed by atoms with Gasteiger partial charge in [0.2, 0.25) is 0 Å². The van der Waals surface area contributed by atoms with Crippen LogP contribution in [0.5, 0.6) is 0 Å². The molecule has 2 heterocycles. The minimum absolute atomic E-state index is 0.412. The SMILES string of the molecule is COC(=O)c1ccnc(-c2ccc(-c3ccn([Si](C(C)C)(C(C)C)C(C)C)c3)c(C#N)c2)c1. The van der Waals surface area contributed by atoms with Crippen LogP contribution in [0.25, 0.3) is 22.4 Å². The Labute approximate surface area is 198 Å². The normalized spacial score (nSPS) is 11.8. The molecule has 0 atom stereocenters. The number of rotatable bonds is 7. The predicted octanol–water partition coefficient (Wildman–Crippen LogP) is 6.90. The number of ether oxygens (including phenoxy) is 1. The standard InChI is InChI=1S/C27H33N3O2Si/c1-18(2)33(19(3)4,20(5)6)30-13-11-23(17-30)25-9-8-21(14-24(25)16-28)26-15-22(10-12-29-26)27(31)32-7/h8-15,17-20H,1-7H3. The fourth-order valence-corrected chi connectivity index (χ4v) is 12.1. The van der Waals surface area contributed by atoms with Crippen LogP contribution in [-0.2, 0) is 4.74 Å². The molecule has 3 rings (SSSR count). The van der Waals surface area contributed by atoms with Gasteiger partial charge in [-0.05, 0) is 52.6 Å². The lowest BCUT2D eigenvalue weighted by Crippen LogP contribution is -2.51. The minimum Gasteiger partial charge on any atom is -0.465 e. The quantitative estimate of drug-likeness (QED) is 0.285. The number of aromatic nitrogens is 2. The number of hydrogen-bond acceptors (Lipinski definition) is 4. The number of nitrogens with zero attached hydrogens (tertiary/aromatic N) is 3. The molecule has 0 unspecified atom stereocenters. The van der Waals surface area contributed by atoms with Gasteiger partial charge in [0.15, 0.2) is 8.24 Å². The zero-order chi connectivity index (χ0) is 24.3. The topological polar surface area (TPSA) is 67.9 Å². The number of esters is 1. The zero-order valence-corrected chi connectivity index (χ0v) is 21.6. The number of carbonyl (C=O) groups excluding carboxylic acids is 1. The molecule has 5 nitrogen and oxygen atoms in total. The van der Waals surface area contributed by atoms with Gasteiger partial charge in [-0.25, -0.2) is 4.79 Å². The molecular formula is C27H33N3O2Si. The van der Waals surface area contributed by atoms with E-state index in [1.165, 1.54) is 7.11 Å². The van der Waals surface area contributed by atoms with E-state index in [1.807, 2.05) is 18.2 Å². The Bertz CT molecular complexity index is 1170. The highest BCUT2D eigenvalue weighted by molar-refractivity contribution is 6.82. The first-order valence-corrected chi connectivity index (χ1v) is 13.6. The van der Waals surface area contributed by atoms with Gasteiger partial charge in [-0.1, -0.05) is 53.7 Å². The van der Waals surface area contributed by atoms with E-state index in [0.29, 0.717) is 33.4 Å². The first-order chi connectivity index (χ1) is 15.7. The van der Waals surface area contributed by atoms with E-state index >= 15 is 0 Å². The van der Waals surface area contributed by atoms with Crippen molar-refractivity contribution >= 4 is 14.2 Å². The van der Waals surface area contributed by atoms with Gasteiger partial charge in [0.1, 0.15) is 0 Å². The predicted molar refractivity (Wildman–Crippen MR) is 136 cm³/mol. The van der Waals surface area contributed by atoms with E-state index in [9.17, 15) is 10.1 Å². The van der Waals surface area contributed by atoms with Crippen LogP contribution in [0.15, 0.2) is 55.0 Å². The molecule has 2 aromatic heterocycles. The lowest BCUT2D eigenvalue weighted by molar-refractivity contribution is 0.0600. The molecule has 0 spiro atoms. The number of hydrogen-bond donors (Lipinski definition) is 0. The maximum Gasteiger partial charge on any atom is 0.337 e. The van der Waals surface area contributed by atoms with Crippen molar-refractivity contribution in [1.82, 2.24) is 9.22 Å². The fourth-order valence-electron chi connectivity index (χ4n) is 5.57. The molecule has 3 aromatic rings. The van der Waals surface area contributed by atoms with E-state index in [4.69, 9.17) is 4.74 Å².